The zero-order valence-electron chi connectivity index (χ0n) is 14.3. The van der Waals surface area contributed by atoms with E-state index in [9.17, 15) is 10.2 Å². The van der Waals surface area contributed by atoms with E-state index < -0.39 is 5.60 Å². The number of fused-ring (bicyclic) bond motifs is 4. The quantitative estimate of drug-likeness (QED) is 0.902. The fourth-order valence-electron chi connectivity index (χ4n) is 4.64. The lowest BCUT2D eigenvalue weighted by Gasteiger charge is -2.55. The van der Waals surface area contributed by atoms with Crippen LogP contribution in [0.25, 0.3) is 0 Å². The molecule has 1 aliphatic heterocycles. The Hall–Kier alpha value is -1.06. The number of piperidine rings is 1. The van der Waals surface area contributed by atoms with Gasteiger partial charge in [-0.15, -0.1) is 0 Å². The van der Waals surface area contributed by atoms with Crippen LogP contribution in [0.4, 0.5) is 0 Å². The van der Waals surface area contributed by atoms with Gasteiger partial charge in [0.1, 0.15) is 5.75 Å². The topological polar surface area (TPSA) is 43.7 Å². The molecule has 2 bridgehead atoms. The van der Waals surface area contributed by atoms with Crippen LogP contribution in [-0.2, 0) is 11.8 Å². The Kier molecular flexibility index (Phi) is 3.77. The summed E-state index contributed by atoms with van der Waals surface area (Å²) in [6, 6.07) is 6.43. The van der Waals surface area contributed by atoms with Gasteiger partial charge in [-0.05, 0) is 87.7 Å². The van der Waals surface area contributed by atoms with Crippen LogP contribution in [-0.4, -0.2) is 40.3 Å². The van der Waals surface area contributed by atoms with Gasteiger partial charge < -0.3 is 15.1 Å². The first-order valence-electron chi connectivity index (χ1n) is 8.46. The summed E-state index contributed by atoms with van der Waals surface area (Å²) in [5.74, 6) is 0.908. The molecule has 0 aromatic heterocycles. The van der Waals surface area contributed by atoms with Crippen LogP contribution >= 0.6 is 0 Å². The predicted molar refractivity (Wildman–Crippen MR) is 89.2 cm³/mol. The summed E-state index contributed by atoms with van der Waals surface area (Å²) >= 11 is 0. The minimum Gasteiger partial charge on any atom is -0.508 e. The van der Waals surface area contributed by atoms with Crippen molar-refractivity contribution in [1.29, 1.82) is 0 Å². The van der Waals surface area contributed by atoms with Crippen molar-refractivity contribution in [1.82, 2.24) is 4.90 Å². The standard InChI is InChI=1S/C19H29NO2/c1-18(2,22)8-7-15-17-11-13-5-6-14(21)12-16(13)19(15,3)9-10-20(17)4/h5-6,12,15,17,21-22H,7-11H2,1-4H3/t15-,17-,19+/m1/s1. The lowest BCUT2D eigenvalue weighted by atomic mass is 9.57. The molecule has 122 valence electrons. The number of rotatable bonds is 3. The molecule has 2 aliphatic rings. The molecule has 3 atom stereocenters. The summed E-state index contributed by atoms with van der Waals surface area (Å²) in [6.07, 6.45) is 4.03. The van der Waals surface area contributed by atoms with Crippen molar-refractivity contribution in [3.63, 3.8) is 0 Å². The molecule has 2 N–H and O–H groups in total. The first-order chi connectivity index (χ1) is 10.2. The third-order valence-electron chi connectivity index (χ3n) is 6.04. The molecule has 0 unspecified atom stereocenters. The molecular formula is C19H29NO2. The molecule has 1 fully saturated rings. The first-order valence-corrected chi connectivity index (χ1v) is 8.46. The maximum Gasteiger partial charge on any atom is 0.115 e. The number of phenolic OH excluding ortho intramolecular Hbond substituents is 1. The van der Waals surface area contributed by atoms with Gasteiger partial charge in [0.15, 0.2) is 0 Å². The van der Waals surface area contributed by atoms with Crippen molar-refractivity contribution in [2.24, 2.45) is 5.92 Å². The van der Waals surface area contributed by atoms with Gasteiger partial charge in [-0.2, -0.15) is 0 Å². The third-order valence-corrected chi connectivity index (χ3v) is 6.04. The molecule has 0 saturated carbocycles. The molecule has 3 nitrogen and oxygen atoms in total. The van der Waals surface area contributed by atoms with E-state index in [0.717, 1.165) is 32.2 Å². The fraction of sp³-hybridized carbons (Fsp3) is 0.684. The average Bonchev–Trinajstić information content (AvgIpc) is 2.42. The van der Waals surface area contributed by atoms with Crippen molar-refractivity contribution in [3.8, 4) is 5.75 Å². The van der Waals surface area contributed by atoms with E-state index in [1.807, 2.05) is 26.0 Å². The minimum atomic E-state index is -0.609. The molecular weight excluding hydrogens is 274 g/mol. The molecule has 1 aromatic rings. The SMILES string of the molecule is CN1CC[C@]2(C)c3cc(O)ccc3C[C@@H]1[C@H]2CCC(C)(C)O. The molecule has 3 heteroatoms. The largest absolute Gasteiger partial charge is 0.508 e. The van der Waals surface area contributed by atoms with Crippen LogP contribution in [0.1, 0.15) is 51.2 Å². The van der Waals surface area contributed by atoms with E-state index >= 15 is 0 Å². The number of phenols is 1. The highest BCUT2D eigenvalue weighted by molar-refractivity contribution is 5.44. The van der Waals surface area contributed by atoms with Gasteiger partial charge in [0.25, 0.3) is 0 Å². The van der Waals surface area contributed by atoms with Gasteiger partial charge in [-0.25, -0.2) is 0 Å². The number of likely N-dealkylation sites (N-methyl/N-ethyl adjacent to an activating group) is 1. The summed E-state index contributed by atoms with van der Waals surface area (Å²) in [6.45, 7) is 7.27. The van der Waals surface area contributed by atoms with Gasteiger partial charge in [0, 0.05) is 6.04 Å². The zero-order valence-corrected chi connectivity index (χ0v) is 14.3. The summed E-state index contributed by atoms with van der Waals surface area (Å²) in [5, 5.41) is 20.1. The molecule has 0 radical (unpaired) electrons. The molecule has 0 amide bonds. The molecule has 0 spiro atoms. The van der Waals surface area contributed by atoms with Crippen molar-refractivity contribution in [3.05, 3.63) is 29.3 Å². The molecule has 3 rings (SSSR count). The van der Waals surface area contributed by atoms with E-state index in [0.29, 0.717) is 17.7 Å². The van der Waals surface area contributed by atoms with Crippen molar-refractivity contribution in [2.75, 3.05) is 13.6 Å². The summed E-state index contributed by atoms with van der Waals surface area (Å²) in [5.41, 5.74) is 2.21. The first kappa shape index (κ1) is 15.8. The smallest absolute Gasteiger partial charge is 0.115 e. The second kappa shape index (κ2) is 5.24. The number of likely N-dealkylation sites (tertiary alicyclic amines) is 1. The molecule has 1 aromatic carbocycles. The number of nitrogens with zero attached hydrogens (tertiary/aromatic N) is 1. The van der Waals surface area contributed by atoms with Crippen LogP contribution in [0.15, 0.2) is 18.2 Å². The van der Waals surface area contributed by atoms with E-state index in [1.165, 1.54) is 11.1 Å². The van der Waals surface area contributed by atoms with E-state index in [-0.39, 0.29) is 5.41 Å². The molecule has 22 heavy (non-hydrogen) atoms. The number of hydrogen-bond donors (Lipinski definition) is 2. The highest BCUT2D eigenvalue weighted by atomic mass is 16.3. The summed E-state index contributed by atoms with van der Waals surface area (Å²) in [4.78, 5) is 2.49. The monoisotopic (exact) mass is 303 g/mol. The second-order valence-corrected chi connectivity index (χ2v) is 8.22. The van der Waals surface area contributed by atoms with Gasteiger partial charge in [0.2, 0.25) is 0 Å². The normalized spacial score (nSPS) is 31.9. The Balaban J connectivity index is 1.99. The van der Waals surface area contributed by atoms with Gasteiger partial charge in [-0.1, -0.05) is 13.0 Å². The molecule has 1 heterocycles. The van der Waals surface area contributed by atoms with Crippen molar-refractivity contribution in [2.45, 2.75) is 63.5 Å². The van der Waals surface area contributed by atoms with Crippen LogP contribution in [0.3, 0.4) is 0 Å². The Morgan fingerprint density at radius 3 is 2.77 bits per heavy atom. The van der Waals surface area contributed by atoms with Gasteiger partial charge >= 0.3 is 0 Å². The average molecular weight is 303 g/mol. The van der Waals surface area contributed by atoms with Crippen molar-refractivity contribution < 1.29 is 10.2 Å². The second-order valence-electron chi connectivity index (χ2n) is 8.22. The van der Waals surface area contributed by atoms with E-state index in [2.05, 4.69) is 24.9 Å². The Morgan fingerprint density at radius 1 is 1.36 bits per heavy atom. The lowest BCUT2D eigenvalue weighted by Crippen LogP contribution is -2.57. The zero-order chi connectivity index (χ0) is 16.1. The summed E-state index contributed by atoms with van der Waals surface area (Å²) in [7, 11) is 2.23. The maximum atomic E-state index is 10.1. The number of benzene rings is 1. The van der Waals surface area contributed by atoms with Crippen LogP contribution < -0.4 is 0 Å². The maximum absolute atomic E-state index is 10.1. The molecule has 1 saturated heterocycles. The highest BCUT2D eigenvalue weighted by Gasteiger charge is 2.49. The Morgan fingerprint density at radius 2 is 2.09 bits per heavy atom. The van der Waals surface area contributed by atoms with Crippen LogP contribution in [0.5, 0.6) is 5.75 Å². The van der Waals surface area contributed by atoms with Gasteiger partial charge in [-0.3, -0.25) is 0 Å². The van der Waals surface area contributed by atoms with Crippen LogP contribution in [0.2, 0.25) is 0 Å². The Bertz CT molecular complexity index is 563. The predicted octanol–water partition coefficient (Wildman–Crippen LogP) is 3.08. The number of aliphatic hydroxyl groups is 1. The Labute approximate surface area is 134 Å². The lowest BCUT2D eigenvalue weighted by molar-refractivity contribution is 0.00825. The van der Waals surface area contributed by atoms with Gasteiger partial charge in [0.05, 0.1) is 5.60 Å². The number of aromatic hydroxyl groups is 1. The number of hydrogen-bond acceptors (Lipinski definition) is 3. The highest BCUT2D eigenvalue weighted by Crippen LogP contribution is 2.51. The fourth-order valence-corrected chi connectivity index (χ4v) is 4.64. The van der Waals surface area contributed by atoms with Crippen LogP contribution in [0, 0.1) is 5.92 Å². The van der Waals surface area contributed by atoms with E-state index in [1.54, 1.807) is 0 Å². The summed E-state index contributed by atoms with van der Waals surface area (Å²) < 4.78 is 0. The minimum absolute atomic E-state index is 0.106. The third kappa shape index (κ3) is 2.65. The molecule has 1 aliphatic carbocycles. The van der Waals surface area contributed by atoms with E-state index in [4.69, 9.17) is 0 Å². The van der Waals surface area contributed by atoms with Crippen molar-refractivity contribution >= 4 is 0 Å².